The molecule has 1 aliphatic rings. The van der Waals surface area contributed by atoms with Crippen LogP contribution in [0.15, 0.2) is 18.2 Å². The number of aliphatic hydroxyl groups excluding tert-OH is 1. The summed E-state index contributed by atoms with van der Waals surface area (Å²) in [6.45, 7) is 3.67. The molecule has 0 saturated carbocycles. The summed E-state index contributed by atoms with van der Waals surface area (Å²) < 4.78 is 27.0. The van der Waals surface area contributed by atoms with Gasteiger partial charge in [-0.3, -0.25) is 4.90 Å². The molecule has 2 rings (SSSR count). The molecule has 0 radical (unpaired) electrons. The van der Waals surface area contributed by atoms with E-state index in [0.717, 1.165) is 32.0 Å². The average Bonchev–Trinajstić information content (AvgIpc) is 2.80. The average molecular weight is 255 g/mol. The Morgan fingerprint density at radius 2 is 2.22 bits per heavy atom. The van der Waals surface area contributed by atoms with Crippen molar-refractivity contribution >= 4 is 0 Å². The summed E-state index contributed by atoms with van der Waals surface area (Å²) in [6.07, 6.45) is 1.83. The zero-order valence-electron chi connectivity index (χ0n) is 10.6. The molecule has 0 bridgehead atoms. The van der Waals surface area contributed by atoms with Gasteiger partial charge in [0.15, 0.2) is 0 Å². The Bertz CT molecular complexity index is 411. The highest BCUT2D eigenvalue weighted by Gasteiger charge is 2.29. The van der Waals surface area contributed by atoms with Crippen LogP contribution in [0.25, 0.3) is 0 Å². The lowest BCUT2D eigenvalue weighted by atomic mass is 10.0. The van der Waals surface area contributed by atoms with Crippen molar-refractivity contribution in [2.45, 2.75) is 25.8 Å². The van der Waals surface area contributed by atoms with Gasteiger partial charge in [0.05, 0.1) is 0 Å². The van der Waals surface area contributed by atoms with Crippen LogP contribution in [0, 0.1) is 17.6 Å². The maximum Gasteiger partial charge on any atom is 0.128 e. The van der Waals surface area contributed by atoms with Crippen molar-refractivity contribution in [2.24, 2.45) is 5.92 Å². The van der Waals surface area contributed by atoms with E-state index in [-0.39, 0.29) is 24.4 Å². The quantitative estimate of drug-likeness (QED) is 0.894. The highest BCUT2D eigenvalue weighted by molar-refractivity contribution is 5.23. The van der Waals surface area contributed by atoms with Crippen molar-refractivity contribution in [3.8, 4) is 0 Å². The van der Waals surface area contributed by atoms with Gasteiger partial charge in [-0.15, -0.1) is 0 Å². The van der Waals surface area contributed by atoms with Gasteiger partial charge in [-0.1, -0.05) is 6.92 Å². The topological polar surface area (TPSA) is 23.5 Å². The first-order chi connectivity index (χ1) is 8.61. The summed E-state index contributed by atoms with van der Waals surface area (Å²) in [5.74, 6) is -0.583. The zero-order valence-corrected chi connectivity index (χ0v) is 10.6. The molecule has 2 nitrogen and oxygen atoms in total. The molecule has 1 saturated heterocycles. The van der Waals surface area contributed by atoms with Crippen molar-refractivity contribution < 1.29 is 13.9 Å². The molecular weight excluding hydrogens is 236 g/mol. The number of aliphatic hydroxyl groups is 1. The summed E-state index contributed by atoms with van der Waals surface area (Å²) in [6, 6.07) is 3.57. The number of rotatable bonds is 4. The molecule has 0 amide bonds. The van der Waals surface area contributed by atoms with Gasteiger partial charge in [0.25, 0.3) is 0 Å². The Hall–Kier alpha value is -1.00. The Morgan fingerprint density at radius 3 is 2.94 bits per heavy atom. The van der Waals surface area contributed by atoms with Crippen LogP contribution in [0.1, 0.15) is 31.4 Å². The fourth-order valence-electron chi connectivity index (χ4n) is 2.62. The monoisotopic (exact) mass is 255 g/mol. The van der Waals surface area contributed by atoms with Crippen molar-refractivity contribution in [1.82, 2.24) is 4.90 Å². The minimum atomic E-state index is -0.395. The van der Waals surface area contributed by atoms with E-state index in [2.05, 4.69) is 4.90 Å². The first-order valence-corrected chi connectivity index (χ1v) is 6.41. The standard InChI is InChI=1S/C14H19F2NO/c1-10(9-18)8-17-6-2-3-14(17)12-7-11(15)4-5-13(12)16/h4-5,7,10,14,18H,2-3,6,8-9H2,1H3/t10?,14-/m1/s1. The SMILES string of the molecule is CC(CO)CN1CCC[C@@H]1c1cc(F)ccc1F. The molecular formula is C14H19F2NO. The van der Waals surface area contributed by atoms with Gasteiger partial charge in [0.1, 0.15) is 11.6 Å². The van der Waals surface area contributed by atoms with Gasteiger partial charge < -0.3 is 5.11 Å². The second-order valence-electron chi connectivity index (χ2n) is 5.11. The van der Waals surface area contributed by atoms with Gasteiger partial charge in [0.2, 0.25) is 0 Å². The van der Waals surface area contributed by atoms with E-state index in [9.17, 15) is 8.78 Å². The van der Waals surface area contributed by atoms with Crippen LogP contribution in [0.3, 0.4) is 0 Å². The fraction of sp³-hybridized carbons (Fsp3) is 0.571. The second-order valence-corrected chi connectivity index (χ2v) is 5.11. The molecule has 1 N–H and O–H groups in total. The molecule has 4 heteroatoms. The predicted octanol–water partition coefficient (Wildman–Crippen LogP) is 2.73. The second kappa shape index (κ2) is 5.76. The summed E-state index contributed by atoms with van der Waals surface area (Å²) in [5.41, 5.74) is 0.442. The van der Waals surface area contributed by atoms with Gasteiger partial charge in [-0.25, -0.2) is 8.78 Å². The maximum absolute atomic E-state index is 13.8. The molecule has 0 aliphatic carbocycles. The maximum atomic E-state index is 13.8. The third-order valence-electron chi connectivity index (χ3n) is 3.54. The molecule has 1 aliphatic heterocycles. The number of halogens is 2. The van der Waals surface area contributed by atoms with E-state index >= 15 is 0 Å². The molecule has 1 fully saturated rings. The number of hydrogen-bond acceptors (Lipinski definition) is 2. The molecule has 2 atom stereocenters. The molecule has 1 unspecified atom stereocenters. The summed E-state index contributed by atoms with van der Waals surface area (Å²) in [7, 11) is 0. The molecule has 100 valence electrons. The van der Waals surface area contributed by atoms with Gasteiger partial charge in [0, 0.05) is 24.8 Å². The Morgan fingerprint density at radius 1 is 1.44 bits per heavy atom. The van der Waals surface area contributed by atoms with E-state index in [1.165, 1.54) is 12.1 Å². The summed E-state index contributed by atoms with van der Waals surface area (Å²) in [5, 5.41) is 9.09. The lowest BCUT2D eigenvalue weighted by Crippen LogP contribution is -2.30. The van der Waals surface area contributed by atoms with Crippen LogP contribution in [0.5, 0.6) is 0 Å². The van der Waals surface area contributed by atoms with E-state index in [1.54, 1.807) is 0 Å². The molecule has 1 aromatic carbocycles. The largest absolute Gasteiger partial charge is 0.396 e. The highest BCUT2D eigenvalue weighted by atomic mass is 19.1. The first kappa shape index (κ1) is 13.4. The van der Waals surface area contributed by atoms with E-state index in [4.69, 9.17) is 5.11 Å². The third-order valence-corrected chi connectivity index (χ3v) is 3.54. The molecule has 1 heterocycles. The minimum absolute atomic E-state index is 0.0605. The summed E-state index contributed by atoms with van der Waals surface area (Å²) in [4.78, 5) is 2.14. The number of benzene rings is 1. The normalized spacial score (nSPS) is 22.3. The highest BCUT2D eigenvalue weighted by Crippen LogP contribution is 2.34. The van der Waals surface area contributed by atoms with Crippen LogP contribution >= 0.6 is 0 Å². The van der Waals surface area contributed by atoms with Crippen molar-refractivity contribution in [3.05, 3.63) is 35.4 Å². The molecule has 0 aromatic heterocycles. The molecule has 18 heavy (non-hydrogen) atoms. The van der Waals surface area contributed by atoms with E-state index in [1.807, 2.05) is 6.92 Å². The van der Waals surface area contributed by atoms with Gasteiger partial charge in [-0.2, -0.15) is 0 Å². The first-order valence-electron chi connectivity index (χ1n) is 6.41. The number of likely N-dealkylation sites (tertiary alicyclic amines) is 1. The van der Waals surface area contributed by atoms with Crippen LogP contribution < -0.4 is 0 Å². The fourth-order valence-corrected chi connectivity index (χ4v) is 2.62. The predicted molar refractivity (Wildman–Crippen MR) is 66.2 cm³/mol. The lowest BCUT2D eigenvalue weighted by molar-refractivity contribution is 0.163. The Labute approximate surface area is 106 Å². The Balaban J connectivity index is 2.17. The lowest BCUT2D eigenvalue weighted by Gasteiger charge is -2.27. The van der Waals surface area contributed by atoms with Crippen molar-refractivity contribution in [3.63, 3.8) is 0 Å². The molecule has 1 aromatic rings. The van der Waals surface area contributed by atoms with Gasteiger partial charge >= 0.3 is 0 Å². The Kier molecular flexibility index (Phi) is 4.30. The minimum Gasteiger partial charge on any atom is -0.396 e. The van der Waals surface area contributed by atoms with E-state index in [0.29, 0.717) is 5.56 Å². The van der Waals surface area contributed by atoms with Crippen LogP contribution in [0.2, 0.25) is 0 Å². The van der Waals surface area contributed by atoms with Crippen LogP contribution in [-0.4, -0.2) is 29.7 Å². The zero-order chi connectivity index (χ0) is 13.1. The van der Waals surface area contributed by atoms with Gasteiger partial charge in [-0.05, 0) is 43.5 Å². The number of nitrogens with zero attached hydrogens (tertiary/aromatic N) is 1. The smallest absolute Gasteiger partial charge is 0.128 e. The molecule has 0 spiro atoms. The van der Waals surface area contributed by atoms with Crippen molar-refractivity contribution in [1.29, 1.82) is 0 Å². The van der Waals surface area contributed by atoms with Crippen LogP contribution in [-0.2, 0) is 0 Å². The number of hydrogen-bond donors (Lipinski definition) is 1. The van der Waals surface area contributed by atoms with Crippen LogP contribution in [0.4, 0.5) is 8.78 Å². The van der Waals surface area contributed by atoms with E-state index < -0.39 is 5.82 Å². The van der Waals surface area contributed by atoms with Crippen molar-refractivity contribution in [2.75, 3.05) is 19.7 Å². The summed E-state index contributed by atoms with van der Waals surface area (Å²) >= 11 is 0. The third kappa shape index (κ3) is 2.87.